The lowest BCUT2D eigenvalue weighted by atomic mass is 9.51. The maximum Gasteiger partial charge on any atom is 0.0696 e. The number of aryl methyl sites for hydroxylation is 1. The lowest BCUT2D eigenvalue weighted by molar-refractivity contribution is -0.00458. The van der Waals surface area contributed by atoms with Crippen LogP contribution in [0.2, 0.25) is 0 Å². The Bertz CT molecular complexity index is 517. The second-order valence-electron chi connectivity index (χ2n) is 7.82. The van der Waals surface area contributed by atoms with Crippen LogP contribution < -0.4 is 5.32 Å². The van der Waals surface area contributed by atoms with Gasteiger partial charge in [-0.2, -0.15) is 5.10 Å². The fourth-order valence-corrected chi connectivity index (χ4v) is 6.18. The Morgan fingerprint density at radius 1 is 1.05 bits per heavy atom. The predicted octanol–water partition coefficient (Wildman–Crippen LogP) is 2.61. The number of hydrogen-bond acceptors (Lipinski definition) is 2. The zero-order valence-corrected chi connectivity index (χ0v) is 12.4. The molecule has 0 spiro atoms. The van der Waals surface area contributed by atoms with E-state index in [1.165, 1.54) is 43.5 Å². The monoisotopic (exact) mass is 271 g/mol. The molecule has 0 atom stereocenters. The molecule has 20 heavy (non-hydrogen) atoms. The zero-order chi connectivity index (χ0) is 13.3. The molecule has 1 aromatic rings. The first-order valence-corrected chi connectivity index (χ1v) is 8.55. The van der Waals surface area contributed by atoms with Crippen molar-refractivity contribution >= 4 is 0 Å². The van der Waals surface area contributed by atoms with Gasteiger partial charge >= 0.3 is 0 Å². The zero-order valence-electron chi connectivity index (χ0n) is 12.4. The van der Waals surface area contributed by atoms with E-state index < -0.39 is 0 Å². The van der Waals surface area contributed by atoms with Gasteiger partial charge in [0.05, 0.1) is 11.4 Å². The lowest BCUT2D eigenvalue weighted by Gasteiger charge is -2.54. The molecule has 5 aliphatic rings. The van der Waals surface area contributed by atoms with Crippen LogP contribution >= 0.6 is 0 Å². The van der Waals surface area contributed by atoms with Crippen molar-refractivity contribution in [1.82, 2.24) is 15.1 Å². The highest BCUT2D eigenvalue weighted by molar-refractivity contribution is 5.33. The van der Waals surface area contributed by atoms with Crippen LogP contribution in [0, 0.1) is 23.7 Å². The summed E-state index contributed by atoms with van der Waals surface area (Å²) in [5.74, 6) is 4.85. The summed E-state index contributed by atoms with van der Waals surface area (Å²) >= 11 is 0. The van der Waals surface area contributed by atoms with Crippen LogP contribution in [-0.4, -0.2) is 16.3 Å². The van der Waals surface area contributed by atoms with Crippen molar-refractivity contribution in [2.24, 2.45) is 30.7 Å². The van der Waals surface area contributed by atoms with Gasteiger partial charge in [0.15, 0.2) is 0 Å². The van der Waals surface area contributed by atoms with E-state index >= 15 is 0 Å². The molecular formula is C17H25N3. The molecule has 1 aromatic heterocycles. The van der Waals surface area contributed by atoms with Gasteiger partial charge in [-0.1, -0.05) is 0 Å². The number of nitrogens with one attached hydrogen (secondary N) is 1. The summed E-state index contributed by atoms with van der Waals surface area (Å²) in [7, 11) is 2.14. The lowest BCUT2D eigenvalue weighted by Crippen LogP contribution is -2.44. The van der Waals surface area contributed by atoms with Crippen LogP contribution in [0.15, 0.2) is 0 Å². The Morgan fingerprint density at radius 3 is 2.45 bits per heavy atom. The predicted molar refractivity (Wildman–Crippen MR) is 78.4 cm³/mol. The fourth-order valence-electron chi connectivity index (χ4n) is 6.18. The summed E-state index contributed by atoms with van der Waals surface area (Å²) < 4.78 is 2.17. The van der Waals surface area contributed by atoms with Gasteiger partial charge in [0.1, 0.15) is 0 Å². The summed E-state index contributed by atoms with van der Waals surface area (Å²) in [5.41, 5.74) is 4.58. The summed E-state index contributed by atoms with van der Waals surface area (Å²) in [6.07, 6.45) is 8.75. The van der Waals surface area contributed by atoms with Crippen molar-refractivity contribution in [2.75, 3.05) is 6.54 Å². The fraction of sp³-hybridized carbons (Fsp3) is 0.824. The minimum Gasteiger partial charge on any atom is -0.311 e. The van der Waals surface area contributed by atoms with Crippen molar-refractivity contribution in [3.63, 3.8) is 0 Å². The van der Waals surface area contributed by atoms with Gasteiger partial charge < -0.3 is 5.32 Å². The molecule has 6 rings (SSSR count). The SMILES string of the molecule is Cn1nc(C2C3CC4CC(C3)CC2C4)c2c1CNCC2. The molecule has 1 aliphatic heterocycles. The van der Waals surface area contributed by atoms with Crippen LogP contribution in [-0.2, 0) is 20.0 Å². The van der Waals surface area contributed by atoms with E-state index in [1.807, 2.05) is 0 Å². The molecule has 4 fully saturated rings. The van der Waals surface area contributed by atoms with Crippen LogP contribution in [0.4, 0.5) is 0 Å². The van der Waals surface area contributed by atoms with Gasteiger partial charge in [-0.05, 0) is 74.3 Å². The van der Waals surface area contributed by atoms with Crippen molar-refractivity contribution in [2.45, 2.75) is 51.0 Å². The molecule has 3 heteroatoms. The molecule has 0 radical (unpaired) electrons. The van der Waals surface area contributed by atoms with Crippen LogP contribution in [0.5, 0.6) is 0 Å². The van der Waals surface area contributed by atoms with E-state index in [9.17, 15) is 0 Å². The highest BCUT2D eigenvalue weighted by atomic mass is 15.3. The molecule has 0 saturated heterocycles. The van der Waals surface area contributed by atoms with Gasteiger partial charge in [0.25, 0.3) is 0 Å². The number of nitrogens with zero attached hydrogens (tertiary/aromatic N) is 2. The maximum atomic E-state index is 5.01. The molecule has 0 unspecified atom stereocenters. The summed E-state index contributed by atoms with van der Waals surface area (Å²) in [4.78, 5) is 0. The normalized spacial score (nSPS) is 42.0. The molecule has 0 amide bonds. The third kappa shape index (κ3) is 1.53. The molecular weight excluding hydrogens is 246 g/mol. The van der Waals surface area contributed by atoms with Gasteiger partial charge in [-0.25, -0.2) is 0 Å². The van der Waals surface area contributed by atoms with Crippen LogP contribution in [0.25, 0.3) is 0 Å². The molecule has 4 bridgehead atoms. The molecule has 2 heterocycles. The second-order valence-corrected chi connectivity index (χ2v) is 7.82. The van der Waals surface area contributed by atoms with E-state index in [0.29, 0.717) is 0 Å². The van der Waals surface area contributed by atoms with E-state index in [0.717, 1.165) is 42.7 Å². The molecule has 3 nitrogen and oxygen atoms in total. The second kappa shape index (κ2) is 4.09. The molecule has 108 valence electrons. The summed E-state index contributed by atoms with van der Waals surface area (Å²) in [6, 6.07) is 0. The minimum atomic E-state index is 0.802. The number of rotatable bonds is 1. The Kier molecular flexibility index (Phi) is 2.41. The third-order valence-corrected chi connectivity index (χ3v) is 6.69. The Labute approximate surface area is 121 Å². The minimum absolute atomic E-state index is 0.802. The molecule has 4 aliphatic carbocycles. The first kappa shape index (κ1) is 11.8. The molecule has 0 aromatic carbocycles. The van der Waals surface area contributed by atoms with Crippen LogP contribution in [0.1, 0.15) is 55.0 Å². The van der Waals surface area contributed by atoms with E-state index in [4.69, 9.17) is 5.10 Å². The highest BCUT2D eigenvalue weighted by Gasteiger charge is 2.50. The number of aromatic nitrogens is 2. The largest absolute Gasteiger partial charge is 0.311 e. The Morgan fingerprint density at radius 2 is 1.75 bits per heavy atom. The number of hydrogen-bond donors (Lipinski definition) is 1. The topological polar surface area (TPSA) is 29.9 Å². The first-order chi connectivity index (χ1) is 9.79. The van der Waals surface area contributed by atoms with Crippen molar-refractivity contribution < 1.29 is 0 Å². The smallest absolute Gasteiger partial charge is 0.0696 e. The van der Waals surface area contributed by atoms with Crippen LogP contribution in [0.3, 0.4) is 0 Å². The highest BCUT2D eigenvalue weighted by Crippen LogP contribution is 2.60. The van der Waals surface area contributed by atoms with Gasteiger partial charge in [-0.15, -0.1) is 0 Å². The Balaban J connectivity index is 1.57. The average molecular weight is 271 g/mol. The van der Waals surface area contributed by atoms with E-state index in [-0.39, 0.29) is 0 Å². The average Bonchev–Trinajstić information content (AvgIpc) is 2.76. The summed E-state index contributed by atoms with van der Waals surface area (Å²) in [5, 5.41) is 8.52. The van der Waals surface area contributed by atoms with Crippen molar-refractivity contribution in [3.05, 3.63) is 17.0 Å². The van der Waals surface area contributed by atoms with Gasteiger partial charge in [0.2, 0.25) is 0 Å². The van der Waals surface area contributed by atoms with E-state index in [1.54, 1.807) is 12.0 Å². The molecule has 1 N–H and O–H groups in total. The first-order valence-electron chi connectivity index (χ1n) is 8.55. The number of fused-ring (bicyclic) bond motifs is 1. The maximum absolute atomic E-state index is 5.01. The molecule has 4 saturated carbocycles. The Hall–Kier alpha value is -0.830. The van der Waals surface area contributed by atoms with Gasteiger partial charge in [-0.3, -0.25) is 4.68 Å². The van der Waals surface area contributed by atoms with Crippen molar-refractivity contribution in [1.29, 1.82) is 0 Å². The van der Waals surface area contributed by atoms with Gasteiger partial charge in [0, 0.05) is 19.5 Å². The quantitative estimate of drug-likeness (QED) is 0.851. The van der Waals surface area contributed by atoms with Crippen molar-refractivity contribution in [3.8, 4) is 0 Å². The van der Waals surface area contributed by atoms with E-state index in [2.05, 4.69) is 17.0 Å². The summed E-state index contributed by atoms with van der Waals surface area (Å²) in [6.45, 7) is 2.16. The standard InChI is InChI=1S/C17H25N3/c1-20-15-9-18-3-2-14(15)17(19-20)16-12-5-10-4-11(7-12)8-13(16)6-10/h10-13,16,18H,2-9H2,1H3. The third-order valence-electron chi connectivity index (χ3n) is 6.69.